The van der Waals surface area contributed by atoms with Gasteiger partial charge in [-0.3, -0.25) is 4.79 Å². The van der Waals surface area contributed by atoms with Crippen molar-refractivity contribution in [3.63, 3.8) is 0 Å². The molecule has 0 bridgehead atoms. The van der Waals surface area contributed by atoms with Gasteiger partial charge in [-0.05, 0) is 44.9 Å². The van der Waals surface area contributed by atoms with E-state index >= 15 is 0 Å². The number of rotatable bonds is 6. The van der Waals surface area contributed by atoms with E-state index in [0.29, 0.717) is 30.3 Å². The van der Waals surface area contributed by atoms with Crippen molar-refractivity contribution < 1.29 is 14.6 Å². The zero-order valence-electron chi connectivity index (χ0n) is 14.6. The van der Waals surface area contributed by atoms with Crippen molar-refractivity contribution in [3.05, 3.63) is 11.8 Å². The predicted octanol–water partition coefficient (Wildman–Crippen LogP) is 1.27. The van der Waals surface area contributed by atoms with Gasteiger partial charge >= 0.3 is 0 Å². The number of methoxy groups -OCH3 is 1. The first-order valence-electron chi connectivity index (χ1n) is 8.96. The molecule has 0 saturated heterocycles. The van der Waals surface area contributed by atoms with Crippen molar-refractivity contribution in [2.24, 2.45) is 5.73 Å². The van der Waals surface area contributed by atoms with Gasteiger partial charge in [0.05, 0.1) is 17.8 Å². The number of amides is 1. The van der Waals surface area contributed by atoms with E-state index in [1.165, 1.54) is 6.20 Å². The third-order valence-corrected chi connectivity index (χ3v) is 5.14. The molecule has 3 rings (SSSR count). The maximum Gasteiger partial charge on any atom is 0.254 e. The van der Waals surface area contributed by atoms with E-state index < -0.39 is 5.91 Å². The molecule has 1 heterocycles. The summed E-state index contributed by atoms with van der Waals surface area (Å²) in [4.78, 5) is 20.4. The summed E-state index contributed by atoms with van der Waals surface area (Å²) >= 11 is 0. The number of nitrogens with zero attached hydrogens (tertiary/aromatic N) is 2. The van der Waals surface area contributed by atoms with Crippen molar-refractivity contribution in [3.8, 4) is 0 Å². The van der Waals surface area contributed by atoms with E-state index in [-0.39, 0.29) is 17.7 Å². The lowest BCUT2D eigenvalue weighted by Gasteiger charge is -2.28. The van der Waals surface area contributed by atoms with Crippen LogP contribution in [0.5, 0.6) is 0 Å². The number of primary amides is 1. The lowest BCUT2D eigenvalue weighted by molar-refractivity contribution is 0.0681. The summed E-state index contributed by atoms with van der Waals surface area (Å²) in [5, 5.41) is 16.3. The summed E-state index contributed by atoms with van der Waals surface area (Å²) in [6, 6.07) is 0.389. The van der Waals surface area contributed by atoms with Gasteiger partial charge in [0, 0.05) is 25.4 Å². The van der Waals surface area contributed by atoms with Crippen LogP contribution < -0.4 is 16.4 Å². The number of aliphatic hydroxyl groups is 1. The molecule has 1 aromatic heterocycles. The lowest BCUT2D eigenvalue weighted by Crippen LogP contribution is -2.30. The SMILES string of the molecule is CO[C@H]1CC[C@H](Nc2ncc(C(N)=O)c(N[C@@H]3CC[C@H](O)C3)n2)CC1. The molecule has 0 radical (unpaired) electrons. The second kappa shape index (κ2) is 7.97. The second-order valence-corrected chi connectivity index (χ2v) is 6.98. The lowest BCUT2D eigenvalue weighted by atomic mass is 9.93. The van der Waals surface area contributed by atoms with E-state index in [2.05, 4.69) is 20.6 Å². The number of carbonyl (C=O) groups is 1. The van der Waals surface area contributed by atoms with Crippen LogP contribution in [0.2, 0.25) is 0 Å². The van der Waals surface area contributed by atoms with E-state index in [9.17, 15) is 9.90 Å². The first-order valence-corrected chi connectivity index (χ1v) is 8.96. The van der Waals surface area contributed by atoms with Crippen LogP contribution >= 0.6 is 0 Å². The van der Waals surface area contributed by atoms with Gasteiger partial charge in [0.15, 0.2) is 0 Å². The molecule has 8 heteroatoms. The first-order chi connectivity index (χ1) is 12.0. The fraction of sp³-hybridized carbons (Fsp3) is 0.706. The minimum absolute atomic E-state index is 0.0907. The Bertz CT molecular complexity index is 604. The normalized spacial score (nSPS) is 29.4. The first kappa shape index (κ1) is 17.9. The molecule has 5 N–H and O–H groups in total. The summed E-state index contributed by atoms with van der Waals surface area (Å²) in [5.74, 6) is 0.370. The summed E-state index contributed by atoms with van der Waals surface area (Å²) in [6.07, 6.45) is 7.76. The van der Waals surface area contributed by atoms with Gasteiger partial charge in [0.1, 0.15) is 5.82 Å². The maximum atomic E-state index is 11.6. The van der Waals surface area contributed by atoms with Crippen LogP contribution in [-0.4, -0.2) is 52.4 Å². The quantitative estimate of drug-likeness (QED) is 0.610. The maximum absolute atomic E-state index is 11.6. The van der Waals surface area contributed by atoms with Gasteiger partial charge in [-0.15, -0.1) is 0 Å². The van der Waals surface area contributed by atoms with Crippen molar-refractivity contribution in [2.75, 3.05) is 17.7 Å². The van der Waals surface area contributed by atoms with Crippen molar-refractivity contribution in [2.45, 2.75) is 69.2 Å². The van der Waals surface area contributed by atoms with Crippen molar-refractivity contribution in [1.82, 2.24) is 9.97 Å². The number of anilines is 2. The standard InChI is InChI=1S/C17H27N5O3/c1-25-13-6-3-10(4-7-13)21-17-19-9-14(15(18)24)16(22-17)20-11-2-5-12(23)8-11/h9-13,23H,2-8H2,1H3,(H2,18,24)(H2,19,20,21,22)/t10-,11-,12+,13-/m1/s1. The van der Waals surface area contributed by atoms with E-state index in [1.807, 2.05) is 0 Å². The van der Waals surface area contributed by atoms with Crippen LogP contribution in [-0.2, 0) is 4.74 Å². The Kier molecular flexibility index (Phi) is 5.70. The Morgan fingerprint density at radius 2 is 1.92 bits per heavy atom. The van der Waals surface area contributed by atoms with Crippen LogP contribution in [0, 0.1) is 0 Å². The molecule has 2 aliphatic rings. The van der Waals surface area contributed by atoms with Gasteiger partial charge in [-0.25, -0.2) is 4.98 Å². The Labute approximate surface area is 147 Å². The molecule has 2 fully saturated rings. The zero-order valence-corrected chi connectivity index (χ0v) is 14.6. The number of nitrogens with two attached hydrogens (primary N) is 1. The monoisotopic (exact) mass is 349 g/mol. The number of aromatic nitrogens is 2. The van der Waals surface area contributed by atoms with Gasteiger partial charge in [0.2, 0.25) is 5.95 Å². The highest BCUT2D eigenvalue weighted by Crippen LogP contribution is 2.26. The highest BCUT2D eigenvalue weighted by atomic mass is 16.5. The zero-order chi connectivity index (χ0) is 17.8. The van der Waals surface area contributed by atoms with E-state index in [0.717, 1.165) is 38.5 Å². The van der Waals surface area contributed by atoms with Crippen LogP contribution in [0.1, 0.15) is 55.3 Å². The number of hydrogen-bond acceptors (Lipinski definition) is 7. The summed E-state index contributed by atoms with van der Waals surface area (Å²) in [7, 11) is 1.75. The number of carbonyl (C=O) groups excluding carboxylic acids is 1. The molecular formula is C17H27N5O3. The van der Waals surface area contributed by atoms with Gasteiger partial charge in [-0.1, -0.05) is 0 Å². The molecule has 0 unspecified atom stereocenters. The minimum atomic E-state index is -0.562. The second-order valence-electron chi connectivity index (χ2n) is 6.98. The highest BCUT2D eigenvalue weighted by molar-refractivity contribution is 5.97. The molecule has 2 saturated carbocycles. The molecule has 138 valence electrons. The van der Waals surface area contributed by atoms with E-state index in [4.69, 9.17) is 10.5 Å². The highest BCUT2D eigenvalue weighted by Gasteiger charge is 2.25. The molecular weight excluding hydrogens is 322 g/mol. The summed E-state index contributed by atoms with van der Waals surface area (Å²) in [6.45, 7) is 0. The Morgan fingerprint density at radius 1 is 1.20 bits per heavy atom. The molecule has 1 amide bonds. The number of nitrogens with one attached hydrogen (secondary N) is 2. The minimum Gasteiger partial charge on any atom is -0.393 e. The number of hydrogen-bond donors (Lipinski definition) is 4. The van der Waals surface area contributed by atoms with Gasteiger partial charge in [0.25, 0.3) is 5.91 Å². The number of aliphatic hydroxyl groups excluding tert-OH is 1. The summed E-state index contributed by atoms with van der Waals surface area (Å²) < 4.78 is 5.39. The average Bonchev–Trinajstić information content (AvgIpc) is 3.00. The van der Waals surface area contributed by atoms with Crippen LogP contribution in [0.15, 0.2) is 6.20 Å². The van der Waals surface area contributed by atoms with Crippen LogP contribution in [0.4, 0.5) is 11.8 Å². The molecule has 25 heavy (non-hydrogen) atoms. The van der Waals surface area contributed by atoms with Crippen LogP contribution in [0.3, 0.4) is 0 Å². The molecule has 0 aliphatic heterocycles. The number of ether oxygens (including phenoxy) is 1. The average molecular weight is 349 g/mol. The Balaban J connectivity index is 1.68. The fourth-order valence-corrected chi connectivity index (χ4v) is 3.65. The summed E-state index contributed by atoms with van der Waals surface area (Å²) in [5.41, 5.74) is 5.71. The van der Waals surface area contributed by atoms with Gasteiger partial charge < -0.3 is 26.2 Å². The predicted molar refractivity (Wildman–Crippen MR) is 94.5 cm³/mol. The Morgan fingerprint density at radius 3 is 2.52 bits per heavy atom. The molecule has 1 aromatic rings. The van der Waals surface area contributed by atoms with Gasteiger partial charge in [-0.2, -0.15) is 4.98 Å². The third-order valence-electron chi connectivity index (χ3n) is 5.14. The molecule has 0 aromatic carbocycles. The Hall–Kier alpha value is -1.93. The molecule has 0 spiro atoms. The van der Waals surface area contributed by atoms with Crippen LogP contribution in [0.25, 0.3) is 0 Å². The smallest absolute Gasteiger partial charge is 0.254 e. The van der Waals surface area contributed by atoms with E-state index in [1.54, 1.807) is 7.11 Å². The molecule has 8 nitrogen and oxygen atoms in total. The van der Waals surface area contributed by atoms with Crippen molar-refractivity contribution >= 4 is 17.7 Å². The topological polar surface area (TPSA) is 122 Å². The third kappa shape index (κ3) is 4.58. The molecule has 2 atom stereocenters. The largest absolute Gasteiger partial charge is 0.393 e. The fourth-order valence-electron chi connectivity index (χ4n) is 3.65. The van der Waals surface area contributed by atoms with Crippen molar-refractivity contribution in [1.29, 1.82) is 0 Å². The molecule has 2 aliphatic carbocycles.